The van der Waals surface area contributed by atoms with Crippen molar-refractivity contribution < 1.29 is 9.53 Å². The van der Waals surface area contributed by atoms with E-state index in [4.69, 9.17) is 33.0 Å². The quantitative estimate of drug-likeness (QED) is 0.430. The Morgan fingerprint density at radius 3 is 2.67 bits per heavy atom. The number of carbonyl (C=O) groups excluding carboxylic acids is 1. The molecule has 3 heterocycles. The molecule has 0 aliphatic carbocycles. The Kier molecular flexibility index (Phi) is 5.98. The van der Waals surface area contributed by atoms with Crippen molar-refractivity contribution in [2.45, 2.75) is 18.9 Å². The SMILES string of the molecule is O=C(NC1CCCOc2c1nn(-c1ccccc1Cl)c2-c1ccc(Cl)cc1)c1ccncn1. The monoisotopic (exact) mass is 479 g/mol. The van der Waals surface area contributed by atoms with Gasteiger partial charge in [-0.05, 0) is 43.2 Å². The Bertz CT molecular complexity index is 1290. The maximum atomic E-state index is 12.8. The van der Waals surface area contributed by atoms with E-state index in [0.29, 0.717) is 45.9 Å². The number of nitrogens with one attached hydrogen (secondary N) is 1. The van der Waals surface area contributed by atoms with Crippen LogP contribution in [0.4, 0.5) is 0 Å². The highest BCUT2D eigenvalue weighted by atomic mass is 35.5. The van der Waals surface area contributed by atoms with E-state index >= 15 is 0 Å². The van der Waals surface area contributed by atoms with Crippen molar-refractivity contribution in [2.75, 3.05) is 6.61 Å². The van der Waals surface area contributed by atoms with Crippen molar-refractivity contribution in [3.05, 3.63) is 88.6 Å². The maximum absolute atomic E-state index is 12.8. The minimum atomic E-state index is -0.361. The zero-order valence-corrected chi connectivity index (χ0v) is 18.9. The second kappa shape index (κ2) is 9.21. The van der Waals surface area contributed by atoms with Gasteiger partial charge in [-0.25, -0.2) is 14.6 Å². The summed E-state index contributed by atoms with van der Waals surface area (Å²) in [5.74, 6) is 0.318. The molecule has 33 heavy (non-hydrogen) atoms. The molecule has 1 unspecified atom stereocenters. The average Bonchev–Trinajstić information content (AvgIpc) is 3.10. The second-order valence-corrected chi connectivity index (χ2v) is 8.39. The molecule has 166 valence electrons. The number of benzene rings is 2. The maximum Gasteiger partial charge on any atom is 0.270 e. The molecule has 0 spiro atoms. The minimum absolute atomic E-state index is 0.292. The van der Waals surface area contributed by atoms with Crippen LogP contribution in [0, 0.1) is 0 Å². The lowest BCUT2D eigenvalue weighted by Crippen LogP contribution is -2.29. The van der Waals surface area contributed by atoms with E-state index in [2.05, 4.69) is 15.3 Å². The molecule has 0 radical (unpaired) electrons. The Hall–Kier alpha value is -3.42. The Balaban J connectivity index is 1.64. The van der Waals surface area contributed by atoms with Crippen LogP contribution in [0.3, 0.4) is 0 Å². The summed E-state index contributed by atoms with van der Waals surface area (Å²) in [6.07, 6.45) is 4.32. The number of carbonyl (C=O) groups is 1. The van der Waals surface area contributed by atoms with E-state index in [1.807, 2.05) is 48.5 Å². The number of halogens is 2. The second-order valence-electron chi connectivity index (χ2n) is 7.54. The molecule has 2 aromatic carbocycles. The number of para-hydroxylation sites is 1. The van der Waals surface area contributed by atoms with Crippen LogP contribution in [0.2, 0.25) is 10.0 Å². The largest absolute Gasteiger partial charge is 0.489 e. The van der Waals surface area contributed by atoms with Crippen molar-refractivity contribution in [1.29, 1.82) is 0 Å². The van der Waals surface area contributed by atoms with Crippen LogP contribution in [0.1, 0.15) is 35.1 Å². The van der Waals surface area contributed by atoms with E-state index in [-0.39, 0.29) is 11.9 Å². The van der Waals surface area contributed by atoms with E-state index in [0.717, 1.165) is 17.7 Å². The summed E-state index contributed by atoms with van der Waals surface area (Å²) in [5.41, 5.74) is 3.26. The van der Waals surface area contributed by atoms with Gasteiger partial charge in [-0.3, -0.25) is 4.79 Å². The molecule has 9 heteroatoms. The van der Waals surface area contributed by atoms with Crippen molar-refractivity contribution in [3.63, 3.8) is 0 Å². The summed E-state index contributed by atoms with van der Waals surface area (Å²) in [7, 11) is 0. The summed E-state index contributed by atoms with van der Waals surface area (Å²) >= 11 is 12.7. The predicted molar refractivity (Wildman–Crippen MR) is 126 cm³/mol. The van der Waals surface area contributed by atoms with Gasteiger partial charge in [0, 0.05) is 16.8 Å². The molecule has 5 rings (SSSR count). The third-order valence-electron chi connectivity index (χ3n) is 5.40. The van der Waals surface area contributed by atoms with Crippen LogP contribution >= 0.6 is 23.2 Å². The number of rotatable bonds is 4. The molecular weight excluding hydrogens is 461 g/mol. The Labute approximate surface area is 200 Å². The molecule has 1 N–H and O–H groups in total. The van der Waals surface area contributed by atoms with Crippen LogP contribution in [0.5, 0.6) is 5.75 Å². The molecule has 1 atom stereocenters. The molecule has 1 amide bonds. The van der Waals surface area contributed by atoms with Gasteiger partial charge in [-0.15, -0.1) is 0 Å². The van der Waals surface area contributed by atoms with Gasteiger partial charge in [0.25, 0.3) is 5.91 Å². The number of hydrogen-bond donors (Lipinski definition) is 1. The van der Waals surface area contributed by atoms with Gasteiger partial charge in [-0.1, -0.05) is 47.5 Å². The molecule has 0 bridgehead atoms. The van der Waals surface area contributed by atoms with Crippen LogP contribution in [-0.4, -0.2) is 32.3 Å². The van der Waals surface area contributed by atoms with Gasteiger partial charge in [0.15, 0.2) is 5.75 Å². The standard InChI is InChI=1S/C24H19Cl2N5O2/c25-16-9-7-15(8-10-16)22-23-21(30-31(22)20-6-2-1-4-17(20)26)18(5-3-13-33-23)29-24(32)19-11-12-27-14-28-19/h1-2,4,6-12,14,18H,3,5,13H2,(H,29,32). The van der Waals surface area contributed by atoms with Crippen LogP contribution in [-0.2, 0) is 0 Å². The average molecular weight is 480 g/mol. The highest BCUT2D eigenvalue weighted by Gasteiger charge is 2.31. The molecule has 2 aromatic heterocycles. The van der Waals surface area contributed by atoms with E-state index in [1.54, 1.807) is 10.7 Å². The van der Waals surface area contributed by atoms with Crippen LogP contribution in [0.25, 0.3) is 16.9 Å². The molecule has 0 saturated carbocycles. The molecule has 4 aromatic rings. The Morgan fingerprint density at radius 2 is 1.91 bits per heavy atom. The lowest BCUT2D eigenvalue weighted by molar-refractivity contribution is 0.0928. The van der Waals surface area contributed by atoms with Gasteiger partial charge >= 0.3 is 0 Å². The summed E-state index contributed by atoms with van der Waals surface area (Å²) in [6.45, 7) is 0.502. The van der Waals surface area contributed by atoms with Crippen molar-refractivity contribution in [3.8, 4) is 22.7 Å². The number of fused-ring (bicyclic) bond motifs is 1. The molecule has 1 aliphatic heterocycles. The van der Waals surface area contributed by atoms with E-state index < -0.39 is 0 Å². The van der Waals surface area contributed by atoms with Crippen LogP contribution in [0.15, 0.2) is 67.1 Å². The lowest BCUT2D eigenvalue weighted by Gasteiger charge is -2.14. The first-order valence-corrected chi connectivity index (χ1v) is 11.2. The van der Waals surface area contributed by atoms with Gasteiger partial charge in [0.2, 0.25) is 0 Å². The number of hydrogen-bond acceptors (Lipinski definition) is 5. The first-order chi connectivity index (χ1) is 16.1. The van der Waals surface area contributed by atoms with Gasteiger partial charge in [0.05, 0.1) is 23.4 Å². The number of aromatic nitrogens is 4. The van der Waals surface area contributed by atoms with Crippen LogP contribution < -0.4 is 10.1 Å². The third kappa shape index (κ3) is 4.29. The fraction of sp³-hybridized carbons (Fsp3) is 0.167. The Morgan fingerprint density at radius 1 is 1.09 bits per heavy atom. The first kappa shape index (κ1) is 21.4. The summed E-state index contributed by atoms with van der Waals surface area (Å²) in [4.78, 5) is 20.8. The lowest BCUT2D eigenvalue weighted by atomic mass is 10.1. The summed E-state index contributed by atoms with van der Waals surface area (Å²) in [6, 6.07) is 16.1. The summed E-state index contributed by atoms with van der Waals surface area (Å²) in [5, 5.41) is 9.13. The van der Waals surface area contributed by atoms with Gasteiger partial charge in [0.1, 0.15) is 23.4 Å². The third-order valence-corrected chi connectivity index (χ3v) is 5.97. The molecule has 7 nitrogen and oxygen atoms in total. The smallest absolute Gasteiger partial charge is 0.270 e. The van der Waals surface area contributed by atoms with Crippen molar-refractivity contribution >= 4 is 29.1 Å². The molecule has 1 aliphatic rings. The molecule has 0 saturated heterocycles. The normalized spacial score (nSPS) is 15.3. The van der Waals surface area contributed by atoms with Crippen molar-refractivity contribution in [2.24, 2.45) is 0 Å². The minimum Gasteiger partial charge on any atom is -0.489 e. The highest BCUT2D eigenvalue weighted by Crippen LogP contribution is 2.42. The van der Waals surface area contributed by atoms with Crippen molar-refractivity contribution in [1.82, 2.24) is 25.1 Å². The highest BCUT2D eigenvalue weighted by molar-refractivity contribution is 6.32. The number of nitrogens with zero attached hydrogens (tertiary/aromatic N) is 4. The number of ether oxygens (including phenoxy) is 1. The summed E-state index contributed by atoms with van der Waals surface area (Å²) < 4.78 is 7.96. The zero-order chi connectivity index (χ0) is 22.8. The van der Waals surface area contributed by atoms with E-state index in [9.17, 15) is 4.79 Å². The predicted octanol–water partition coefficient (Wildman–Crippen LogP) is 5.28. The molecular formula is C24H19Cl2N5O2. The topological polar surface area (TPSA) is 81.9 Å². The zero-order valence-electron chi connectivity index (χ0n) is 17.4. The van der Waals surface area contributed by atoms with E-state index in [1.165, 1.54) is 12.5 Å². The van der Waals surface area contributed by atoms with Gasteiger partial charge in [-0.2, -0.15) is 5.10 Å². The van der Waals surface area contributed by atoms with Gasteiger partial charge < -0.3 is 10.1 Å². The first-order valence-electron chi connectivity index (χ1n) is 10.5. The number of amides is 1. The fourth-order valence-electron chi connectivity index (χ4n) is 3.85. The fourth-order valence-corrected chi connectivity index (χ4v) is 4.19. The molecule has 0 fully saturated rings.